The summed E-state index contributed by atoms with van der Waals surface area (Å²) in [6.45, 7) is 4.81. The maximum Gasteiger partial charge on any atom is 0.336 e. The standard InChI is InChI=1S/C17H21NO3/c1-12-3-4-15-13(10-17(19)21-16(15)9-12)11-18-7-5-14(20-2)6-8-18/h3-4,9-10,14H,5-8,11H2,1-2H3. The number of hydrogen-bond acceptors (Lipinski definition) is 4. The molecule has 2 heterocycles. The lowest BCUT2D eigenvalue weighted by molar-refractivity contribution is 0.0389. The Hall–Kier alpha value is -1.65. The SMILES string of the molecule is COC1CCN(Cc2cc(=O)oc3cc(C)ccc23)CC1. The molecule has 1 aliphatic heterocycles. The van der Waals surface area contributed by atoms with E-state index in [4.69, 9.17) is 9.15 Å². The van der Waals surface area contributed by atoms with E-state index in [-0.39, 0.29) is 5.63 Å². The van der Waals surface area contributed by atoms with Gasteiger partial charge in [0.25, 0.3) is 0 Å². The van der Waals surface area contributed by atoms with Gasteiger partial charge in [-0.15, -0.1) is 0 Å². The number of aryl methyl sites for hydroxylation is 1. The number of methoxy groups -OCH3 is 1. The van der Waals surface area contributed by atoms with Crippen molar-refractivity contribution < 1.29 is 9.15 Å². The van der Waals surface area contributed by atoms with Gasteiger partial charge >= 0.3 is 5.63 Å². The minimum atomic E-state index is -0.269. The summed E-state index contributed by atoms with van der Waals surface area (Å²) in [6, 6.07) is 7.66. The predicted octanol–water partition coefficient (Wildman–Crippen LogP) is 2.71. The smallest absolute Gasteiger partial charge is 0.336 e. The highest BCUT2D eigenvalue weighted by molar-refractivity contribution is 5.80. The van der Waals surface area contributed by atoms with Gasteiger partial charge in [-0.25, -0.2) is 4.79 Å². The number of piperidine rings is 1. The van der Waals surface area contributed by atoms with Crippen LogP contribution in [-0.2, 0) is 11.3 Å². The molecule has 1 aromatic heterocycles. The van der Waals surface area contributed by atoms with Crippen molar-refractivity contribution in [2.75, 3.05) is 20.2 Å². The molecule has 0 bridgehead atoms. The highest BCUT2D eigenvalue weighted by atomic mass is 16.5. The average Bonchev–Trinajstić information content (AvgIpc) is 2.47. The lowest BCUT2D eigenvalue weighted by Crippen LogP contribution is -2.36. The summed E-state index contributed by atoms with van der Waals surface area (Å²) in [6.07, 6.45) is 2.48. The number of fused-ring (bicyclic) bond motifs is 1. The van der Waals surface area contributed by atoms with E-state index in [1.165, 1.54) is 0 Å². The van der Waals surface area contributed by atoms with Crippen molar-refractivity contribution in [3.05, 3.63) is 45.8 Å². The van der Waals surface area contributed by atoms with Crippen LogP contribution in [0.3, 0.4) is 0 Å². The monoisotopic (exact) mass is 287 g/mol. The fraction of sp³-hybridized carbons (Fsp3) is 0.471. The van der Waals surface area contributed by atoms with Crippen LogP contribution in [0, 0.1) is 6.92 Å². The number of likely N-dealkylation sites (tertiary alicyclic amines) is 1. The van der Waals surface area contributed by atoms with Crippen LogP contribution in [0.4, 0.5) is 0 Å². The molecule has 112 valence electrons. The molecule has 3 rings (SSSR count). The van der Waals surface area contributed by atoms with Crippen LogP contribution in [0.1, 0.15) is 24.0 Å². The van der Waals surface area contributed by atoms with Crippen LogP contribution in [-0.4, -0.2) is 31.2 Å². The number of ether oxygens (including phenoxy) is 1. The van der Waals surface area contributed by atoms with Crippen molar-refractivity contribution in [3.63, 3.8) is 0 Å². The average molecular weight is 287 g/mol. The van der Waals surface area contributed by atoms with Gasteiger partial charge in [-0.3, -0.25) is 4.90 Å². The Kier molecular flexibility index (Phi) is 4.08. The van der Waals surface area contributed by atoms with Gasteiger partial charge in [0.1, 0.15) is 5.58 Å². The third kappa shape index (κ3) is 3.17. The molecule has 1 saturated heterocycles. The number of benzene rings is 1. The minimum absolute atomic E-state index is 0.269. The summed E-state index contributed by atoms with van der Waals surface area (Å²) in [5, 5.41) is 1.04. The van der Waals surface area contributed by atoms with E-state index in [9.17, 15) is 4.79 Å². The number of rotatable bonds is 3. The van der Waals surface area contributed by atoms with Gasteiger partial charge < -0.3 is 9.15 Å². The molecule has 21 heavy (non-hydrogen) atoms. The Bertz CT molecular complexity index is 684. The summed E-state index contributed by atoms with van der Waals surface area (Å²) < 4.78 is 10.7. The fourth-order valence-electron chi connectivity index (χ4n) is 3.01. The molecule has 1 fully saturated rings. The van der Waals surface area contributed by atoms with Crippen molar-refractivity contribution in [1.82, 2.24) is 4.90 Å². The van der Waals surface area contributed by atoms with E-state index in [0.717, 1.165) is 49.0 Å². The Morgan fingerprint density at radius 3 is 2.76 bits per heavy atom. The van der Waals surface area contributed by atoms with Gasteiger partial charge in [0, 0.05) is 38.2 Å². The molecule has 0 atom stereocenters. The van der Waals surface area contributed by atoms with Crippen molar-refractivity contribution in [2.24, 2.45) is 0 Å². The zero-order valence-electron chi connectivity index (χ0n) is 12.6. The van der Waals surface area contributed by atoms with E-state index in [0.29, 0.717) is 11.7 Å². The third-order valence-electron chi connectivity index (χ3n) is 4.25. The van der Waals surface area contributed by atoms with Gasteiger partial charge in [-0.1, -0.05) is 12.1 Å². The second-order valence-electron chi connectivity index (χ2n) is 5.80. The van der Waals surface area contributed by atoms with Crippen molar-refractivity contribution in [1.29, 1.82) is 0 Å². The molecule has 1 aliphatic rings. The molecule has 4 heteroatoms. The first kappa shape index (κ1) is 14.3. The van der Waals surface area contributed by atoms with Crippen molar-refractivity contribution >= 4 is 11.0 Å². The van der Waals surface area contributed by atoms with E-state index in [1.54, 1.807) is 13.2 Å². The highest BCUT2D eigenvalue weighted by Gasteiger charge is 2.19. The first-order valence-electron chi connectivity index (χ1n) is 7.44. The van der Waals surface area contributed by atoms with E-state index in [1.807, 2.05) is 19.1 Å². The fourth-order valence-corrected chi connectivity index (χ4v) is 3.01. The zero-order valence-corrected chi connectivity index (χ0v) is 12.6. The van der Waals surface area contributed by atoms with E-state index in [2.05, 4.69) is 11.0 Å². The van der Waals surface area contributed by atoms with Gasteiger partial charge in [0.15, 0.2) is 0 Å². The summed E-state index contributed by atoms with van der Waals surface area (Å²) in [5.41, 5.74) is 2.57. The number of nitrogens with zero attached hydrogens (tertiary/aromatic N) is 1. The normalized spacial score (nSPS) is 17.4. The molecule has 2 aromatic rings. The van der Waals surface area contributed by atoms with Crippen LogP contribution in [0.2, 0.25) is 0 Å². The molecule has 1 aromatic carbocycles. The Morgan fingerprint density at radius 2 is 2.05 bits per heavy atom. The maximum atomic E-state index is 11.8. The summed E-state index contributed by atoms with van der Waals surface area (Å²) >= 11 is 0. The zero-order chi connectivity index (χ0) is 14.8. The van der Waals surface area contributed by atoms with Crippen LogP contribution < -0.4 is 5.63 Å². The minimum Gasteiger partial charge on any atom is -0.423 e. The molecular formula is C17H21NO3. The summed E-state index contributed by atoms with van der Waals surface area (Å²) in [4.78, 5) is 14.1. The van der Waals surface area contributed by atoms with Crippen LogP contribution in [0.5, 0.6) is 0 Å². The summed E-state index contributed by atoms with van der Waals surface area (Å²) in [5.74, 6) is 0. The van der Waals surface area contributed by atoms with Gasteiger partial charge in [0.05, 0.1) is 6.10 Å². The topological polar surface area (TPSA) is 42.7 Å². The molecule has 0 N–H and O–H groups in total. The van der Waals surface area contributed by atoms with Gasteiger partial charge in [-0.05, 0) is 37.0 Å². The van der Waals surface area contributed by atoms with E-state index >= 15 is 0 Å². The quantitative estimate of drug-likeness (QED) is 0.814. The molecule has 0 radical (unpaired) electrons. The van der Waals surface area contributed by atoms with Gasteiger partial charge in [0.2, 0.25) is 0 Å². The molecule has 0 aliphatic carbocycles. The Labute approximate surface area is 124 Å². The molecule has 4 nitrogen and oxygen atoms in total. The number of hydrogen-bond donors (Lipinski definition) is 0. The van der Waals surface area contributed by atoms with E-state index < -0.39 is 0 Å². The first-order valence-corrected chi connectivity index (χ1v) is 7.44. The first-order chi connectivity index (χ1) is 10.2. The van der Waals surface area contributed by atoms with Crippen molar-refractivity contribution in [3.8, 4) is 0 Å². The second kappa shape index (κ2) is 6.00. The second-order valence-corrected chi connectivity index (χ2v) is 5.80. The van der Waals surface area contributed by atoms with Gasteiger partial charge in [-0.2, -0.15) is 0 Å². The molecule has 0 spiro atoms. The molecular weight excluding hydrogens is 266 g/mol. The molecule has 0 amide bonds. The lowest BCUT2D eigenvalue weighted by Gasteiger charge is -2.31. The van der Waals surface area contributed by atoms with Crippen LogP contribution in [0.15, 0.2) is 33.5 Å². The largest absolute Gasteiger partial charge is 0.423 e. The molecule has 0 unspecified atom stereocenters. The Morgan fingerprint density at radius 1 is 1.29 bits per heavy atom. The van der Waals surface area contributed by atoms with Crippen LogP contribution >= 0.6 is 0 Å². The maximum absolute atomic E-state index is 11.8. The lowest BCUT2D eigenvalue weighted by atomic mass is 10.0. The highest BCUT2D eigenvalue weighted by Crippen LogP contribution is 2.22. The Balaban J connectivity index is 1.85. The molecule has 0 saturated carbocycles. The summed E-state index contributed by atoms with van der Waals surface area (Å²) in [7, 11) is 1.78. The third-order valence-corrected chi connectivity index (χ3v) is 4.25. The van der Waals surface area contributed by atoms with Crippen LogP contribution in [0.25, 0.3) is 11.0 Å². The predicted molar refractivity (Wildman–Crippen MR) is 82.5 cm³/mol. The van der Waals surface area contributed by atoms with Crippen molar-refractivity contribution in [2.45, 2.75) is 32.4 Å².